The van der Waals surface area contributed by atoms with Crippen molar-refractivity contribution < 1.29 is 61.8 Å². The van der Waals surface area contributed by atoms with E-state index in [0.717, 1.165) is 32.7 Å². The minimum atomic E-state index is -1.46. The van der Waals surface area contributed by atoms with E-state index in [0.29, 0.717) is 5.56 Å². The third-order valence-electron chi connectivity index (χ3n) is 14.0. The van der Waals surface area contributed by atoms with Gasteiger partial charge >= 0.3 is 17.9 Å². The van der Waals surface area contributed by atoms with Crippen LogP contribution >= 0.6 is 11.8 Å². The first-order valence-corrected chi connectivity index (χ1v) is 28.2. The minimum absolute atomic E-state index is 0.00125. The summed E-state index contributed by atoms with van der Waals surface area (Å²) in [5.74, 6) is -2.08. The summed E-state index contributed by atoms with van der Waals surface area (Å²) in [4.78, 5) is 44.1. The molecule has 2 fully saturated rings. The molecule has 0 unspecified atom stereocenters. The van der Waals surface area contributed by atoms with Gasteiger partial charge < -0.3 is 47.4 Å². The Balaban J connectivity index is 1.11. The van der Waals surface area contributed by atoms with E-state index in [2.05, 4.69) is 0 Å². The summed E-state index contributed by atoms with van der Waals surface area (Å²) >= 11 is 1.29. The standard InChI is InChI=1S/C68H64O13S/c1-47-25-23-24-40-57(47)82-68-63(80-66(71)54-38-21-8-22-39-54)61(59(79-65(70)53-36-19-7-20-37-53)56(78-68)46-76-64(69)52-34-17-6-18-35-52)81-67-62(75-44-51-32-15-5-16-33-51)60(74-43-50-30-13-4-14-31-50)58(73-42-49-28-11-3-12-29-49)55(77-67)45-72-41-48-26-9-2-10-27-48/h2-40,55-56,58-63,67-68H,41-46H2,1H3/t55-,56-,58+,59+,60+,61+,62-,63-,67-,68+/m1/s1. The van der Waals surface area contributed by atoms with Gasteiger partial charge in [0, 0.05) is 4.90 Å². The van der Waals surface area contributed by atoms with Crippen LogP contribution < -0.4 is 0 Å². The monoisotopic (exact) mass is 1120 g/mol. The molecule has 10 rings (SSSR count). The summed E-state index contributed by atoms with van der Waals surface area (Å²) in [6, 6.07) is 72.4. The quantitative estimate of drug-likeness (QED) is 0.0418. The molecular weight excluding hydrogens is 1060 g/mol. The van der Waals surface area contributed by atoms with Crippen molar-refractivity contribution in [2.75, 3.05) is 13.2 Å². The Labute approximate surface area is 482 Å². The SMILES string of the molecule is Cc1ccccc1S[C@@H]1O[C@H](COC(=O)c2ccccc2)[C@H](OC(=O)c2ccccc2)[C@H](O[C@H]2O[C@H](COCc3ccccc3)[C@H](OCc3ccccc3)[C@H](OCc3ccccc3)[C@H]2OCc2ccccc2)[C@H]1OC(=O)c1ccccc1. The van der Waals surface area contributed by atoms with Crippen LogP contribution in [0, 0.1) is 6.92 Å². The van der Waals surface area contributed by atoms with Gasteiger partial charge in [0.15, 0.2) is 18.5 Å². The first-order valence-electron chi connectivity index (χ1n) is 27.3. The smallest absolute Gasteiger partial charge is 0.338 e. The van der Waals surface area contributed by atoms with Gasteiger partial charge in [-0.15, -0.1) is 0 Å². The zero-order valence-corrected chi connectivity index (χ0v) is 46.1. The molecule has 8 aromatic rings. The molecule has 2 aliphatic rings. The van der Waals surface area contributed by atoms with Gasteiger partial charge in [0.1, 0.15) is 48.7 Å². The molecule has 0 bridgehead atoms. The van der Waals surface area contributed by atoms with Crippen LogP contribution in [0.3, 0.4) is 0 Å². The van der Waals surface area contributed by atoms with Crippen molar-refractivity contribution in [3.63, 3.8) is 0 Å². The maximum Gasteiger partial charge on any atom is 0.338 e. The number of hydrogen-bond donors (Lipinski definition) is 0. The van der Waals surface area contributed by atoms with Gasteiger partial charge in [-0.2, -0.15) is 0 Å². The Hall–Kier alpha value is -7.76. The summed E-state index contributed by atoms with van der Waals surface area (Å²) in [7, 11) is 0. The molecule has 13 nitrogen and oxygen atoms in total. The molecule has 14 heteroatoms. The second-order valence-electron chi connectivity index (χ2n) is 19.8. The van der Waals surface area contributed by atoms with E-state index in [9.17, 15) is 14.4 Å². The normalized spacial score (nSPS) is 22.4. The molecule has 2 aliphatic heterocycles. The molecule has 0 spiro atoms. The second kappa shape index (κ2) is 29.3. The molecule has 10 atom stereocenters. The molecule has 0 N–H and O–H groups in total. The number of rotatable bonds is 24. The van der Waals surface area contributed by atoms with Crippen LogP contribution in [0.4, 0.5) is 0 Å². The van der Waals surface area contributed by atoms with Crippen molar-refractivity contribution in [3.8, 4) is 0 Å². The zero-order valence-electron chi connectivity index (χ0n) is 45.2. The van der Waals surface area contributed by atoms with Crippen LogP contribution in [0.1, 0.15) is 58.9 Å². The molecule has 0 aromatic heterocycles. The van der Waals surface area contributed by atoms with Crippen molar-refractivity contribution in [3.05, 3.63) is 281 Å². The van der Waals surface area contributed by atoms with Gasteiger partial charge in [0.05, 0.1) is 49.7 Å². The van der Waals surface area contributed by atoms with Crippen LogP contribution in [0.15, 0.2) is 241 Å². The van der Waals surface area contributed by atoms with Crippen LogP contribution in [0.25, 0.3) is 0 Å². The van der Waals surface area contributed by atoms with Gasteiger partial charge in [0.2, 0.25) is 0 Å². The van der Waals surface area contributed by atoms with Crippen molar-refractivity contribution in [1.29, 1.82) is 0 Å². The Kier molecular flexibility index (Phi) is 20.5. The number of aryl methyl sites for hydroxylation is 1. The predicted molar refractivity (Wildman–Crippen MR) is 308 cm³/mol. The fourth-order valence-corrected chi connectivity index (χ4v) is 10.9. The number of ether oxygens (including phenoxy) is 10. The van der Waals surface area contributed by atoms with E-state index in [1.807, 2.05) is 153 Å². The number of carbonyl (C=O) groups is 3. The molecule has 8 aromatic carbocycles. The maximum atomic E-state index is 14.7. The fraction of sp³-hybridized carbons (Fsp3) is 0.250. The third-order valence-corrected chi connectivity index (χ3v) is 15.3. The first-order chi connectivity index (χ1) is 40.3. The van der Waals surface area contributed by atoms with Crippen molar-refractivity contribution >= 4 is 29.7 Å². The van der Waals surface area contributed by atoms with Crippen LogP contribution in [0.5, 0.6) is 0 Å². The van der Waals surface area contributed by atoms with Crippen molar-refractivity contribution in [1.82, 2.24) is 0 Å². The van der Waals surface area contributed by atoms with Gasteiger partial charge in [0.25, 0.3) is 0 Å². The topological polar surface area (TPSA) is 144 Å². The van der Waals surface area contributed by atoms with Gasteiger partial charge in [-0.1, -0.05) is 206 Å². The lowest BCUT2D eigenvalue weighted by molar-refractivity contribution is -0.354. The molecule has 82 heavy (non-hydrogen) atoms. The van der Waals surface area contributed by atoms with Crippen molar-refractivity contribution in [2.45, 2.75) is 98.8 Å². The van der Waals surface area contributed by atoms with Crippen molar-refractivity contribution in [2.24, 2.45) is 0 Å². The summed E-state index contributed by atoms with van der Waals surface area (Å²) in [6.45, 7) is 2.20. The Morgan fingerprint density at radius 1 is 0.390 bits per heavy atom. The molecular formula is C68H64O13S. The maximum absolute atomic E-state index is 14.7. The highest BCUT2D eigenvalue weighted by Gasteiger charge is 2.56. The van der Waals surface area contributed by atoms with E-state index in [1.165, 1.54) is 11.8 Å². The third kappa shape index (κ3) is 15.6. The number of hydrogen-bond acceptors (Lipinski definition) is 14. The highest BCUT2D eigenvalue weighted by Crippen LogP contribution is 2.41. The highest BCUT2D eigenvalue weighted by atomic mass is 32.2. The van der Waals surface area contributed by atoms with Gasteiger partial charge in [-0.25, -0.2) is 14.4 Å². The average molecular weight is 1120 g/mol. The largest absolute Gasteiger partial charge is 0.459 e. The van der Waals surface area contributed by atoms with Crippen LogP contribution in [0.2, 0.25) is 0 Å². The van der Waals surface area contributed by atoms with Gasteiger partial charge in [-0.3, -0.25) is 0 Å². The molecule has 0 amide bonds. The Bertz CT molecular complexity index is 3220. The summed E-state index contributed by atoms with van der Waals surface area (Å²) in [5, 5.41) is 0. The zero-order chi connectivity index (χ0) is 56.3. The van der Waals surface area contributed by atoms with E-state index in [1.54, 1.807) is 91.0 Å². The number of thioether (sulfide) groups is 1. The molecule has 0 radical (unpaired) electrons. The average Bonchev–Trinajstić information content (AvgIpc) is 3.64. The van der Waals surface area contributed by atoms with E-state index >= 15 is 0 Å². The lowest BCUT2D eigenvalue weighted by atomic mass is 9.96. The predicted octanol–water partition coefficient (Wildman–Crippen LogP) is 12.2. The Morgan fingerprint density at radius 3 is 1.29 bits per heavy atom. The molecule has 420 valence electrons. The van der Waals surface area contributed by atoms with E-state index in [-0.39, 0.29) is 44.2 Å². The van der Waals surface area contributed by atoms with Crippen LogP contribution in [-0.4, -0.2) is 91.7 Å². The molecule has 0 aliphatic carbocycles. The lowest BCUT2D eigenvalue weighted by Gasteiger charge is -2.50. The fourth-order valence-electron chi connectivity index (χ4n) is 9.70. The highest BCUT2D eigenvalue weighted by molar-refractivity contribution is 7.99. The lowest BCUT2D eigenvalue weighted by Crippen LogP contribution is -2.66. The number of carbonyl (C=O) groups excluding carboxylic acids is 3. The molecule has 2 heterocycles. The van der Waals surface area contributed by atoms with Crippen LogP contribution in [-0.2, 0) is 73.8 Å². The minimum Gasteiger partial charge on any atom is -0.459 e. The van der Waals surface area contributed by atoms with E-state index < -0.39 is 85.1 Å². The molecule has 0 saturated carbocycles. The Morgan fingerprint density at radius 2 is 0.793 bits per heavy atom. The van der Waals surface area contributed by atoms with Gasteiger partial charge in [-0.05, 0) is 77.2 Å². The summed E-state index contributed by atoms with van der Waals surface area (Å²) in [5.41, 5.74) is 4.19. The summed E-state index contributed by atoms with van der Waals surface area (Å²) in [6.07, 6.45) is -10.7. The number of esters is 3. The second-order valence-corrected chi connectivity index (χ2v) is 20.9. The first kappa shape index (κ1) is 57.5. The molecule has 2 saturated heterocycles. The summed E-state index contributed by atoms with van der Waals surface area (Å²) < 4.78 is 68.8. The number of benzene rings is 8. The van der Waals surface area contributed by atoms with E-state index in [4.69, 9.17) is 47.4 Å².